The third-order valence-electron chi connectivity index (χ3n) is 11.1. The molecule has 2 N–H and O–H groups in total. The van der Waals surface area contributed by atoms with E-state index in [-0.39, 0.29) is 12.0 Å². The molecule has 3 saturated carbocycles. The molecule has 0 bridgehead atoms. The highest BCUT2D eigenvalue weighted by Crippen LogP contribution is 2.67. The predicted octanol–water partition coefficient (Wildman–Crippen LogP) is 7.27. The Morgan fingerprint density at radius 1 is 1.15 bits per heavy atom. The first-order chi connectivity index (χ1) is 16.2. The van der Waals surface area contributed by atoms with Gasteiger partial charge in [0.05, 0.1) is 6.10 Å². The average molecular weight is 537 g/mol. The zero-order chi connectivity index (χ0) is 24.5. The summed E-state index contributed by atoms with van der Waals surface area (Å²) in [4.78, 5) is 12.0. The fourth-order valence-corrected chi connectivity index (χ4v) is 9.48. The van der Waals surface area contributed by atoms with Gasteiger partial charge in [-0.15, -0.1) is 0 Å². The van der Waals surface area contributed by atoms with Gasteiger partial charge in [0.25, 0.3) is 0 Å². The molecule has 0 aromatic heterocycles. The maximum atomic E-state index is 12.0. The second-order valence-electron chi connectivity index (χ2n) is 13.1. The Kier molecular flexibility index (Phi) is 8.60. The zero-order valence-corrected chi connectivity index (χ0v) is 23.8. The first-order valence-electron chi connectivity index (χ1n) is 14.4. The van der Waals surface area contributed by atoms with Gasteiger partial charge in [0, 0.05) is 18.3 Å². The smallest absolute Gasteiger partial charge is 0.220 e. The lowest BCUT2D eigenvalue weighted by Gasteiger charge is -2.58. The molecule has 4 aliphatic carbocycles. The van der Waals surface area contributed by atoms with Crippen LogP contribution in [0.1, 0.15) is 105 Å². The van der Waals surface area contributed by atoms with Crippen molar-refractivity contribution >= 4 is 21.8 Å². The van der Waals surface area contributed by atoms with Crippen LogP contribution >= 0.6 is 15.9 Å². The molecule has 3 fully saturated rings. The van der Waals surface area contributed by atoms with E-state index in [1.54, 1.807) is 5.57 Å². The third kappa shape index (κ3) is 5.20. The number of nitrogens with one attached hydrogen (secondary N) is 1. The Balaban J connectivity index is 1.32. The molecule has 1 amide bonds. The topological polar surface area (TPSA) is 49.3 Å². The lowest BCUT2D eigenvalue weighted by atomic mass is 9.47. The van der Waals surface area contributed by atoms with E-state index in [0.717, 1.165) is 54.3 Å². The van der Waals surface area contributed by atoms with Gasteiger partial charge in [0.1, 0.15) is 0 Å². The minimum absolute atomic E-state index is 0.104. The molecule has 2 unspecified atom stereocenters. The molecule has 4 heteroatoms. The quantitative estimate of drug-likeness (QED) is 0.241. The van der Waals surface area contributed by atoms with E-state index in [0.29, 0.717) is 23.2 Å². The number of carbonyl (C=O) groups excluding carboxylic acids is 1. The maximum Gasteiger partial charge on any atom is 0.220 e. The van der Waals surface area contributed by atoms with E-state index in [4.69, 9.17) is 0 Å². The van der Waals surface area contributed by atoms with E-state index in [1.807, 2.05) is 0 Å². The fraction of sp³-hybridized carbons (Fsp3) is 0.900. The Hall–Kier alpha value is -0.350. The number of rotatable bonds is 9. The zero-order valence-electron chi connectivity index (χ0n) is 22.3. The van der Waals surface area contributed by atoms with Gasteiger partial charge in [0.15, 0.2) is 0 Å². The molecular formula is C30H50BrNO2. The number of amides is 1. The van der Waals surface area contributed by atoms with Crippen molar-refractivity contribution < 1.29 is 9.90 Å². The standard InChI is InChI=1S/C30H50BrNO2/c1-20(18-28(34)32-17-16-31)6-5-7-21(2)25-10-11-26-24-9-8-22-19-23(33)12-14-29(22,3)27(24)13-15-30(25,26)4/h8,20-21,23-27,33H,5-7,9-19H2,1-4H3,(H,32,34)/t20?,21?,23-,24-,25+,26-,27-,29-,30+/m0/s1. The molecular weight excluding hydrogens is 486 g/mol. The molecule has 0 aromatic rings. The van der Waals surface area contributed by atoms with Crippen LogP contribution in [0.15, 0.2) is 11.6 Å². The Labute approximate surface area is 217 Å². The second kappa shape index (κ2) is 11.0. The minimum atomic E-state index is -0.104. The van der Waals surface area contributed by atoms with Crippen LogP contribution in [0.2, 0.25) is 0 Å². The molecule has 0 aromatic carbocycles. The van der Waals surface area contributed by atoms with Gasteiger partial charge in [-0.1, -0.05) is 74.5 Å². The summed E-state index contributed by atoms with van der Waals surface area (Å²) in [7, 11) is 0. The number of aliphatic hydroxyl groups is 1. The second-order valence-corrected chi connectivity index (χ2v) is 13.9. The average Bonchev–Trinajstić information content (AvgIpc) is 3.15. The summed E-state index contributed by atoms with van der Waals surface area (Å²) in [5.74, 6) is 4.91. The number of aliphatic hydroxyl groups excluding tert-OH is 1. The van der Waals surface area contributed by atoms with Crippen molar-refractivity contribution in [2.75, 3.05) is 11.9 Å². The van der Waals surface area contributed by atoms with Crippen molar-refractivity contribution in [2.24, 2.45) is 46.3 Å². The Bertz CT molecular complexity index is 752. The lowest BCUT2D eigenvalue weighted by Crippen LogP contribution is -2.50. The van der Waals surface area contributed by atoms with Crippen molar-refractivity contribution in [2.45, 2.75) is 111 Å². The highest BCUT2D eigenvalue weighted by atomic mass is 79.9. The van der Waals surface area contributed by atoms with Gasteiger partial charge in [-0.3, -0.25) is 4.79 Å². The SMILES string of the molecule is CC(CCCC(C)[C@H]1CC[C@H]2[C@@H]3CC=C4C[C@@H](O)CC[C@]4(C)[C@H]3CC[C@]12C)CC(=O)NCCBr. The largest absolute Gasteiger partial charge is 0.393 e. The minimum Gasteiger partial charge on any atom is -0.393 e. The summed E-state index contributed by atoms with van der Waals surface area (Å²) in [5.41, 5.74) is 2.45. The fourth-order valence-electron chi connectivity index (χ4n) is 9.28. The Morgan fingerprint density at radius 2 is 1.94 bits per heavy atom. The maximum absolute atomic E-state index is 12.0. The van der Waals surface area contributed by atoms with Crippen LogP contribution in [0, 0.1) is 46.3 Å². The van der Waals surface area contributed by atoms with Crippen LogP contribution in [0.25, 0.3) is 0 Å². The summed E-state index contributed by atoms with van der Waals surface area (Å²) < 4.78 is 0. The van der Waals surface area contributed by atoms with Gasteiger partial charge >= 0.3 is 0 Å². The van der Waals surface area contributed by atoms with Crippen LogP contribution in [0.4, 0.5) is 0 Å². The van der Waals surface area contributed by atoms with Crippen LogP contribution in [-0.2, 0) is 4.79 Å². The summed E-state index contributed by atoms with van der Waals surface area (Å²) >= 11 is 3.37. The van der Waals surface area contributed by atoms with Crippen LogP contribution in [0.5, 0.6) is 0 Å². The lowest BCUT2D eigenvalue weighted by molar-refractivity contribution is -0.121. The van der Waals surface area contributed by atoms with Gasteiger partial charge in [-0.05, 0) is 97.7 Å². The molecule has 34 heavy (non-hydrogen) atoms. The Morgan fingerprint density at radius 3 is 2.71 bits per heavy atom. The number of alkyl halides is 1. The normalized spacial score (nSPS) is 41.0. The number of halogens is 1. The molecule has 0 aliphatic heterocycles. The summed E-state index contributed by atoms with van der Waals surface area (Å²) in [6.45, 7) is 10.7. The first kappa shape index (κ1) is 26.7. The summed E-state index contributed by atoms with van der Waals surface area (Å²) in [6, 6.07) is 0. The summed E-state index contributed by atoms with van der Waals surface area (Å²) in [6.07, 6.45) is 16.9. The summed E-state index contributed by atoms with van der Waals surface area (Å²) in [5, 5.41) is 14.1. The number of carbonyl (C=O) groups is 1. The highest BCUT2D eigenvalue weighted by molar-refractivity contribution is 9.09. The monoisotopic (exact) mass is 535 g/mol. The number of hydrogen-bond acceptors (Lipinski definition) is 2. The van der Waals surface area contributed by atoms with Crippen LogP contribution < -0.4 is 5.32 Å². The van der Waals surface area contributed by atoms with Crippen molar-refractivity contribution in [1.82, 2.24) is 5.32 Å². The molecule has 194 valence electrons. The molecule has 4 aliphatic rings. The van der Waals surface area contributed by atoms with E-state index >= 15 is 0 Å². The van der Waals surface area contributed by atoms with E-state index in [9.17, 15) is 9.90 Å². The van der Waals surface area contributed by atoms with Crippen LogP contribution in [-0.4, -0.2) is 29.0 Å². The van der Waals surface area contributed by atoms with E-state index in [1.165, 1.54) is 57.8 Å². The van der Waals surface area contributed by atoms with Crippen molar-refractivity contribution in [3.63, 3.8) is 0 Å². The van der Waals surface area contributed by atoms with E-state index < -0.39 is 0 Å². The third-order valence-corrected chi connectivity index (χ3v) is 11.5. The van der Waals surface area contributed by atoms with E-state index in [2.05, 4.69) is 55.0 Å². The molecule has 0 radical (unpaired) electrons. The number of fused-ring (bicyclic) bond motifs is 5. The molecule has 0 heterocycles. The first-order valence-corrected chi connectivity index (χ1v) is 15.5. The number of allylic oxidation sites excluding steroid dienone is 1. The van der Waals surface area contributed by atoms with Gasteiger partial charge in [-0.25, -0.2) is 0 Å². The number of hydrogen-bond donors (Lipinski definition) is 2. The molecule has 3 nitrogen and oxygen atoms in total. The molecule has 0 spiro atoms. The van der Waals surface area contributed by atoms with Gasteiger partial charge in [0.2, 0.25) is 5.91 Å². The molecule has 9 atom stereocenters. The highest BCUT2D eigenvalue weighted by Gasteiger charge is 2.59. The molecule has 4 rings (SSSR count). The van der Waals surface area contributed by atoms with Crippen LogP contribution in [0.3, 0.4) is 0 Å². The van der Waals surface area contributed by atoms with Crippen molar-refractivity contribution in [1.29, 1.82) is 0 Å². The molecule has 0 saturated heterocycles. The van der Waals surface area contributed by atoms with Crippen molar-refractivity contribution in [3.05, 3.63) is 11.6 Å². The van der Waals surface area contributed by atoms with Crippen molar-refractivity contribution in [3.8, 4) is 0 Å². The van der Waals surface area contributed by atoms with Gasteiger partial charge < -0.3 is 10.4 Å². The predicted molar refractivity (Wildman–Crippen MR) is 145 cm³/mol. The van der Waals surface area contributed by atoms with Gasteiger partial charge in [-0.2, -0.15) is 0 Å².